The molecule has 3 aromatic rings. The van der Waals surface area contributed by atoms with Crippen LogP contribution in [0, 0.1) is 6.92 Å². The van der Waals surface area contributed by atoms with Gasteiger partial charge in [0.15, 0.2) is 5.82 Å². The summed E-state index contributed by atoms with van der Waals surface area (Å²) in [6, 6.07) is 7.34. The topological polar surface area (TPSA) is 115 Å². The highest BCUT2D eigenvalue weighted by Gasteiger charge is 2.27. The number of carbonyl (C=O) groups excluding carboxylic acids is 1. The van der Waals surface area contributed by atoms with E-state index >= 15 is 0 Å². The zero-order valence-corrected chi connectivity index (χ0v) is 19.6. The largest absolute Gasteiger partial charge is 0.507 e. The number of phenols is 2. The third-order valence-electron chi connectivity index (χ3n) is 5.65. The average molecular weight is 450 g/mol. The lowest BCUT2D eigenvalue weighted by Gasteiger charge is -2.22. The molecule has 2 aromatic carbocycles. The normalized spacial score (nSPS) is 10.9. The van der Waals surface area contributed by atoms with Crippen molar-refractivity contribution in [2.45, 2.75) is 53.0 Å². The summed E-state index contributed by atoms with van der Waals surface area (Å²) in [5, 5.41) is 36.0. The van der Waals surface area contributed by atoms with Crippen molar-refractivity contribution in [3.05, 3.63) is 58.9 Å². The monoisotopic (exact) mass is 449 g/mol. The molecule has 0 saturated carbocycles. The molecule has 0 saturated heterocycles. The van der Waals surface area contributed by atoms with Crippen LogP contribution in [0.15, 0.2) is 30.8 Å². The fourth-order valence-electron chi connectivity index (χ4n) is 3.94. The number of carbonyl (C=O) groups is 1. The van der Waals surface area contributed by atoms with Crippen molar-refractivity contribution in [3.8, 4) is 22.6 Å². The predicted octanol–water partition coefficient (Wildman–Crippen LogP) is 4.62. The van der Waals surface area contributed by atoms with E-state index in [-0.39, 0.29) is 35.1 Å². The van der Waals surface area contributed by atoms with Gasteiger partial charge >= 0.3 is 0 Å². The van der Waals surface area contributed by atoms with Gasteiger partial charge in [-0.05, 0) is 59.9 Å². The molecule has 1 aromatic heterocycles. The number of aryl methyl sites for hydroxylation is 2. The van der Waals surface area contributed by atoms with E-state index in [1.807, 2.05) is 32.0 Å². The van der Waals surface area contributed by atoms with Gasteiger partial charge in [-0.15, -0.1) is 5.10 Å². The van der Waals surface area contributed by atoms with Crippen molar-refractivity contribution in [1.82, 2.24) is 25.5 Å². The van der Waals surface area contributed by atoms with Crippen LogP contribution in [0.2, 0.25) is 0 Å². The molecule has 0 aliphatic carbocycles. The molecule has 3 rings (SSSR count). The van der Waals surface area contributed by atoms with E-state index in [0.29, 0.717) is 23.4 Å². The molecule has 8 nitrogen and oxygen atoms in total. The molecule has 0 aliphatic heterocycles. The smallest absolute Gasteiger partial charge is 0.258 e. The van der Waals surface area contributed by atoms with E-state index in [9.17, 15) is 15.0 Å². The number of benzene rings is 2. The second-order valence-corrected chi connectivity index (χ2v) is 8.45. The maximum atomic E-state index is 13.5. The van der Waals surface area contributed by atoms with Crippen molar-refractivity contribution in [2.24, 2.45) is 0 Å². The third-order valence-corrected chi connectivity index (χ3v) is 5.65. The maximum absolute atomic E-state index is 13.5. The van der Waals surface area contributed by atoms with Gasteiger partial charge in [0.1, 0.15) is 11.5 Å². The van der Waals surface area contributed by atoms with E-state index in [0.717, 1.165) is 36.0 Å². The molecular formula is C25H31N5O3. The Labute approximate surface area is 194 Å². The Hall–Kier alpha value is -3.68. The number of nitrogens with zero attached hydrogens (tertiary/aromatic N) is 4. The number of hydrogen-bond acceptors (Lipinski definition) is 6. The molecule has 33 heavy (non-hydrogen) atoms. The van der Waals surface area contributed by atoms with Crippen molar-refractivity contribution < 1.29 is 15.0 Å². The third kappa shape index (κ3) is 5.22. The number of rotatable bonds is 9. The van der Waals surface area contributed by atoms with E-state index in [1.54, 1.807) is 13.1 Å². The van der Waals surface area contributed by atoms with Gasteiger partial charge in [0, 0.05) is 7.05 Å². The Morgan fingerprint density at radius 2 is 1.97 bits per heavy atom. The van der Waals surface area contributed by atoms with E-state index in [1.165, 1.54) is 4.90 Å². The van der Waals surface area contributed by atoms with Gasteiger partial charge in [0.05, 0.1) is 17.7 Å². The number of aromatic hydroxyl groups is 2. The Morgan fingerprint density at radius 3 is 2.61 bits per heavy atom. The summed E-state index contributed by atoms with van der Waals surface area (Å²) in [6.07, 6.45) is 3.40. The number of aromatic nitrogens is 4. The number of nitrogens with one attached hydrogen (secondary N) is 1. The summed E-state index contributed by atoms with van der Waals surface area (Å²) in [5.41, 5.74) is 4.21. The molecule has 8 heteroatoms. The minimum atomic E-state index is -0.374. The first-order valence-corrected chi connectivity index (χ1v) is 11.1. The zero-order valence-electron chi connectivity index (χ0n) is 19.6. The van der Waals surface area contributed by atoms with Crippen LogP contribution >= 0.6 is 0 Å². The number of unbranched alkanes of at least 4 members (excludes halogenated alkanes) is 2. The van der Waals surface area contributed by atoms with Crippen LogP contribution < -0.4 is 0 Å². The van der Waals surface area contributed by atoms with Crippen LogP contribution in [0.4, 0.5) is 0 Å². The van der Waals surface area contributed by atoms with E-state index in [4.69, 9.17) is 0 Å². The molecule has 174 valence electrons. The predicted molar refractivity (Wildman–Crippen MR) is 128 cm³/mol. The van der Waals surface area contributed by atoms with Gasteiger partial charge in [-0.3, -0.25) is 4.79 Å². The summed E-state index contributed by atoms with van der Waals surface area (Å²) in [7, 11) is 1.62. The van der Waals surface area contributed by atoms with Crippen LogP contribution in [-0.2, 0) is 13.0 Å². The molecule has 1 amide bonds. The van der Waals surface area contributed by atoms with Crippen LogP contribution in [0.3, 0.4) is 0 Å². The number of tetrazole rings is 1. The zero-order chi connectivity index (χ0) is 24.1. The fourth-order valence-corrected chi connectivity index (χ4v) is 3.94. The SMILES string of the molecule is C=C(C)c1ccc(C)cc1-c1c(O)cc(CCCCC)c(C(=O)N(C)Cc2nnn[nH]2)c1O. The highest BCUT2D eigenvalue weighted by molar-refractivity contribution is 6.02. The fraction of sp³-hybridized carbons (Fsp3) is 0.360. The number of aromatic amines is 1. The molecule has 0 bridgehead atoms. The first kappa shape index (κ1) is 24.0. The number of H-pyrrole nitrogens is 1. The van der Waals surface area contributed by atoms with Crippen molar-refractivity contribution >= 4 is 11.5 Å². The lowest BCUT2D eigenvalue weighted by Crippen LogP contribution is -2.28. The summed E-state index contributed by atoms with van der Waals surface area (Å²) < 4.78 is 0. The number of amides is 1. The summed E-state index contributed by atoms with van der Waals surface area (Å²) in [6.45, 7) is 10.1. The number of hydrogen-bond donors (Lipinski definition) is 3. The maximum Gasteiger partial charge on any atom is 0.258 e. The van der Waals surface area contributed by atoms with Crippen molar-refractivity contribution in [3.63, 3.8) is 0 Å². The van der Waals surface area contributed by atoms with Gasteiger partial charge in [-0.25, -0.2) is 5.10 Å². The summed E-state index contributed by atoms with van der Waals surface area (Å²) >= 11 is 0. The molecule has 0 aliphatic rings. The van der Waals surface area contributed by atoms with Crippen LogP contribution in [0.1, 0.15) is 66.0 Å². The van der Waals surface area contributed by atoms with Crippen LogP contribution in [0.25, 0.3) is 16.7 Å². The summed E-state index contributed by atoms with van der Waals surface area (Å²) in [5.74, 6) is -0.241. The first-order valence-electron chi connectivity index (χ1n) is 11.1. The van der Waals surface area contributed by atoms with Gasteiger partial charge in [-0.1, -0.05) is 55.7 Å². The van der Waals surface area contributed by atoms with Gasteiger partial charge in [0.25, 0.3) is 5.91 Å². The minimum Gasteiger partial charge on any atom is -0.507 e. The van der Waals surface area contributed by atoms with E-state index < -0.39 is 0 Å². The molecule has 0 fully saturated rings. The molecule has 0 radical (unpaired) electrons. The van der Waals surface area contributed by atoms with E-state index in [2.05, 4.69) is 34.1 Å². The average Bonchev–Trinajstić information content (AvgIpc) is 3.26. The Bertz CT molecular complexity index is 1160. The summed E-state index contributed by atoms with van der Waals surface area (Å²) in [4.78, 5) is 15.0. The Kier molecular flexibility index (Phi) is 7.48. The second kappa shape index (κ2) is 10.3. The molecule has 3 N–H and O–H groups in total. The van der Waals surface area contributed by atoms with Gasteiger partial charge in [0.2, 0.25) is 0 Å². The second-order valence-electron chi connectivity index (χ2n) is 8.45. The molecule has 1 heterocycles. The quantitative estimate of drug-likeness (QED) is 0.411. The highest BCUT2D eigenvalue weighted by atomic mass is 16.3. The van der Waals surface area contributed by atoms with Crippen LogP contribution in [-0.4, -0.2) is 48.7 Å². The highest BCUT2D eigenvalue weighted by Crippen LogP contribution is 2.45. The van der Waals surface area contributed by atoms with Crippen LogP contribution in [0.5, 0.6) is 11.5 Å². The number of phenolic OH excluding ortho intramolecular Hbond substituents is 2. The Balaban J connectivity index is 2.17. The minimum absolute atomic E-state index is 0.0641. The first-order chi connectivity index (χ1) is 15.7. The lowest BCUT2D eigenvalue weighted by molar-refractivity contribution is 0.0777. The van der Waals surface area contributed by atoms with Gasteiger partial charge in [-0.2, -0.15) is 0 Å². The molecule has 0 spiro atoms. The van der Waals surface area contributed by atoms with Crippen molar-refractivity contribution in [1.29, 1.82) is 0 Å². The molecule has 0 unspecified atom stereocenters. The molecule has 0 atom stereocenters. The van der Waals surface area contributed by atoms with Crippen molar-refractivity contribution in [2.75, 3.05) is 7.05 Å². The molecular weight excluding hydrogens is 418 g/mol. The standard InChI is InChI=1S/C25H31N5O3/c1-6-7-8-9-17-13-20(31)23(19-12-16(4)10-11-18(19)15(2)3)24(32)22(17)25(33)30(5)14-21-26-28-29-27-21/h10-13,31-32H,2,6-9,14H2,1,3-5H3,(H,26,27,28,29). The van der Waals surface area contributed by atoms with Gasteiger partial charge < -0.3 is 15.1 Å². The lowest BCUT2D eigenvalue weighted by atomic mass is 9.88. The number of allylic oxidation sites excluding steroid dienone is 1. The Morgan fingerprint density at radius 1 is 1.21 bits per heavy atom.